The lowest BCUT2D eigenvalue weighted by Gasteiger charge is -2.35. The molecule has 3 atom stereocenters. The average molecular weight is 559 g/mol. The van der Waals surface area contributed by atoms with Crippen LogP contribution in [0.15, 0.2) is 78.4 Å². The molecule has 1 aromatic heterocycles. The smallest absolute Gasteiger partial charge is 0.429 e. The lowest BCUT2D eigenvalue weighted by molar-refractivity contribution is -0.200. The lowest BCUT2D eigenvalue weighted by Crippen LogP contribution is -2.46. The van der Waals surface area contributed by atoms with Crippen LogP contribution in [0.3, 0.4) is 0 Å². The number of nitrogens with zero attached hydrogens (tertiary/aromatic N) is 2. The Morgan fingerprint density at radius 3 is 2.35 bits per heavy atom. The highest BCUT2D eigenvalue weighted by molar-refractivity contribution is 5.73. The van der Waals surface area contributed by atoms with Crippen LogP contribution in [0.4, 0.5) is 23.5 Å². The van der Waals surface area contributed by atoms with Crippen LogP contribution in [0.25, 0.3) is 16.8 Å². The monoisotopic (exact) mass is 558 g/mol. The summed E-state index contributed by atoms with van der Waals surface area (Å²) in [5.74, 6) is -4.86. The molecule has 1 aliphatic carbocycles. The number of hydrogen-bond donors (Lipinski definition) is 3. The van der Waals surface area contributed by atoms with Gasteiger partial charge in [0.2, 0.25) is 23.8 Å². The van der Waals surface area contributed by atoms with E-state index < -0.39 is 48.0 Å². The molecule has 40 heavy (non-hydrogen) atoms. The van der Waals surface area contributed by atoms with Crippen LogP contribution in [-0.4, -0.2) is 52.3 Å². The van der Waals surface area contributed by atoms with E-state index in [0.717, 1.165) is 19.3 Å². The van der Waals surface area contributed by atoms with Crippen molar-refractivity contribution in [2.24, 2.45) is 5.73 Å². The molecule has 0 amide bonds. The molecule has 12 heteroatoms. The molecule has 1 aliphatic rings. The summed E-state index contributed by atoms with van der Waals surface area (Å²) in [6.07, 6.45) is -5.76. The molecule has 0 saturated heterocycles. The number of allylic oxidation sites excluding steroid dienone is 2. The fourth-order valence-electron chi connectivity index (χ4n) is 4.28. The van der Waals surface area contributed by atoms with Gasteiger partial charge in [0, 0.05) is 30.7 Å². The zero-order chi connectivity index (χ0) is 29.1. The number of carboxylic acid groups (broad SMARTS) is 1. The number of hydrogen-bond acceptors (Lipinski definition) is 7. The Bertz CT molecular complexity index is 1430. The molecule has 8 nitrogen and oxygen atoms in total. The maximum atomic E-state index is 16.0. The maximum Gasteiger partial charge on any atom is 0.429 e. The fraction of sp³-hybridized carbons (Fsp3) is 0.250. The number of carboxylic acids is 1. The number of methoxy groups -OCH3 is 1. The maximum absolute atomic E-state index is 16.0. The third-order valence-corrected chi connectivity index (χ3v) is 6.34. The predicted octanol–water partition coefficient (Wildman–Crippen LogP) is 4.72. The van der Waals surface area contributed by atoms with Crippen LogP contribution in [0, 0.1) is 0 Å². The minimum absolute atomic E-state index is 0.0726. The van der Waals surface area contributed by atoms with Crippen molar-refractivity contribution in [1.82, 2.24) is 9.97 Å². The first-order valence-electron chi connectivity index (χ1n) is 12.1. The summed E-state index contributed by atoms with van der Waals surface area (Å²) >= 11 is 0. The van der Waals surface area contributed by atoms with Gasteiger partial charge in [0.15, 0.2) is 0 Å². The highest BCUT2D eigenvalue weighted by Gasteiger charge is 2.53. The number of halogens is 4. The summed E-state index contributed by atoms with van der Waals surface area (Å²) in [5, 5.41) is 8.99. The Hall–Kier alpha value is -4.29. The number of ether oxygens (including phenoxy) is 2. The van der Waals surface area contributed by atoms with Gasteiger partial charge in [-0.25, -0.2) is 9.37 Å². The summed E-state index contributed by atoms with van der Waals surface area (Å²) in [5.41, 5.74) is 12.8. The van der Waals surface area contributed by atoms with Crippen LogP contribution in [0.5, 0.6) is 5.88 Å². The van der Waals surface area contributed by atoms with Gasteiger partial charge in [0.25, 0.3) is 0 Å². The van der Waals surface area contributed by atoms with Gasteiger partial charge in [-0.2, -0.15) is 18.2 Å². The number of carbonyl (C=O) groups is 1. The molecular formula is C28H26F4N4O4. The Kier molecular flexibility index (Phi) is 8.21. The highest BCUT2D eigenvalue weighted by atomic mass is 19.4. The molecule has 4 rings (SSSR count). The number of aromatic nitrogens is 2. The number of alkyl halides is 4. The van der Waals surface area contributed by atoms with Gasteiger partial charge in [-0.3, -0.25) is 4.79 Å². The number of anilines is 1. The minimum atomic E-state index is -5.04. The van der Waals surface area contributed by atoms with Crippen molar-refractivity contribution < 1.29 is 36.9 Å². The molecule has 0 saturated carbocycles. The molecular weight excluding hydrogens is 532 g/mol. The second kappa shape index (κ2) is 11.4. The van der Waals surface area contributed by atoms with E-state index in [1.165, 1.54) is 6.08 Å². The molecule has 2 aromatic carbocycles. The summed E-state index contributed by atoms with van der Waals surface area (Å²) in [4.78, 5) is 18.8. The van der Waals surface area contributed by atoms with E-state index in [-0.39, 0.29) is 18.1 Å². The summed E-state index contributed by atoms with van der Waals surface area (Å²) < 4.78 is 69.0. The van der Waals surface area contributed by atoms with Crippen molar-refractivity contribution in [1.29, 1.82) is 0 Å². The van der Waals surface area contributed by atoms with Crippen molar-refractivity contribution >= 4 is 17.5 Å². The molecule has 0 aliphatic heterocycles. The van der Waals surface area contributed by atoms with Crippen molar-refractivity contribution in [3.05, 3.63) is 89.5 Å². The molecule has 0 radical (unpaired) electrons. The van der Waals surface area contributed by atoms with Crippen LogP contribution in [0.1, 0.15) is 17.5 Å². The number of nitrogens with two attached hydrogens (primary N) is 2. The second-order valence-electron chi connectivity index (χ2n) is 9.12. The zero-order valence-corrected chi connectivity index (χ0v) is 21.2. The molecule has 2 unspecified atom stereocenters. The number of rotatable bonds is 9. The SMILES string of the molecule is COC1(F)CC(c2ccccc2)=CC=C1C(Oc1cc(-c2ccc(C[C@H](N)C(=O)O)cc2)nc(N)n1)C(F)(F)F. The zero-order valence-electron chi connectivity index (χ0n) is 21.2. The Morgan fingerprint density at radius 1 is 1.07 bits per heavy atom. The standard InChI is InChI=1S/C28H26F4N4O4/c1-39-27(29)15-19(17-5-3-2-4-6-17)11-12-20(27)24(28(30,31)32)40-23-14-22(35-26(34)36-23)18-9-7-16(8-10-18)13-21(33)25(37)38/h2-12,14,21,24H,13,15,33H2,1H3,(H,37,38)(H2,34,35,36)/t21-,24?,27?/m0/s1. The summed E-state index contributed by atoms with van der Waals surface area (Å²) in [6, 6.07) is 15.1. The Balaban J connectivity index is 1.66. The molecule has 1 heterocycles. The van der Waals surface area contributed by atoms with Gasteiger partial charge >= 0.3 is 12.1 Å². The van der Waals surface area contributed by atoms with E-state index in [9.17, 15) is 18.0 Å². The fourth-order valence-corrected chi connectivity index (χ4v) is 4.28. The van der Waals surface area contributed by atoms with Crippen molar-refractivity contribution in [3.8, 4) is 17.1 Å². The highest BCUT2D eigenvalue weighted by Crippen LogP contribution is 2.44. The molecule has 5 N–H and O–H groups in total. The van der Waals surface area contributed by atoms with E-state index in [1.54, 1.807) is 54.6 Å². The van der Waals surface area contributed by atoms with Crippen molar-refractivity contribution in [2.75, 3.05) is 12.8 Å². The lowest BCUT2D eigenvalue weighted by atomic mass is 9.86. The van der Waals surface area contributed by atoms with Crippen LogP contribution >= 0.6 is 0 Å². The number of aliphatic carboxylic acids is 1. The molecule has 0 bridgehead atoms. The number of nitrogen functional groups attached to an aromatic ring is 1. The largest absolute Gasteiger partial charge is 0.480 e. The van der Waals surface area contributed by atoms with Crippen molar-refractivity contribution in [3.63, 3.8) is 0 Å². The van der Waals surface area contributed by atoms with Gasteiger partial charge in [-0.15, -0.1) is 0 Å². The Morgan fingerprint density at radius 2 is 1.75 bits per heavy atom. The van der Waals surface area contributed by atoms with E-state index >= 15 is 4.39 Å². The first-order valence-corrected chi connectivity index (χ1v) is 12.1. The average Bonchev–Trinajstić information content (AvgIpc) is 2.92. The van der Waals surface area contributed by atoms with Crippen LogP contribution < -0.4 is 16.2 Å². The molecule has 210 valence electrons. The minimum Gasteiger partial charge on any atom is -0.480 e. The van der Waals surface area contributed by atoms with Gasteiger partial charge < -0.3 is 26.0 Å². The second-order valence-corrected chi connectivity index (χ2v) is 9.12. The first kappa shape index (κ1) is 28.7. The van der Waals surface area contributed by atoms with Gasteiger partial charge in [-0.05, 0) is 23.1 Å². The van der Waals surface area contributed by atoms with E-state index in [0.29, 0.717) is 22.3 Å². The van der Waals surface area contributed by atoms with Crippen LogP contribution in [-0.2, 0) is 16.0 Å². The van der Waals surface area contributed by atoms with E-state index in [2.05, 4.69) is 9.97 Å². The third kappa shape index (κ3) is 6.46. The van der Waals surface area contributed by atoms with Crippen LogP contribution in [0.2, 0.25) is 0 Å². The molecule has 0 fully saturated rings. The van der Waals surface area contributed by atoms with Gasteiger partial charge in [0.1, 0.15) is 6.04 Å². The summed E-state index contributed by atoms with van der Waals surface area (Å²) in [6.45, 7) is 0. The quantitative estimate of drug-likeness (QED) is 0.322. The number of benzene rings is 2. The van der Waals surface area contributed by atoms with E-state index in [1.807, 2.05) is 0 Å². The van der Waals surface area contributed by atoms with Crippen molar-refractivity contribution in [2.45, 2.75) is 37.0 Å². The normalized spacial score (nSPS) is 18.9. The molecule has 3 aromatic rings. The van der Waals surface area contributed by atoms with Gasteiger partial charge in [-0.1, -0.05) is 66.7 Å². The topological polar surface area (TPSA) is 134 Å². The first-order chi connectivity index (χ1) is 18.9. The molecule has 0 spiro atoms. The van der Waals surface area contributed by atoms with Gasteiger partial charge in [0.05, 0.1) is 5.69 Å². The third-order valence-electron chi connectivity index (χ3n) is 6.34. The Labute approximate surface area is 227 Å². The predicted molar refractivity (Wildman–Crippen MR) is 140 cm³/mol. The van der Waals surface area contributed by atoms with E-state index in [4.69, 9.17) is 26.0 Å². The summed E-state index contributed by atoms with van der Waals surface area (Å²) in [7, 11) is 0.989.